The van der Waals surface area contributed by atoms with E-state index < -0.39 is 12.1 Å². The molecule has 0 bridgehead atoms. The molecule has 0 aromatic carbocycles. The third kappa shape index (κ3) is 1.94. The van der Waals surface area contributed by atoms with Crippen molar-refractivity contribution in [2.45, 2.75) is 6.55 Å². The zero-order valence-electron chi connectivity index (χ0n) is 5.91. The van der Waals surface area contributed by atoms with E-state index in [1.165, 1.54) is 12.1 Å². The smallest absolute Gasteiger partial charge is 0.321 e. The molecule has 0 spiro atoms. The van der Waals surface area contributed by atoms with Gasteiger partial charge in [-0.15, -0.1) is 12.4 Å². The van der Waals surface area contributed by atoms with Crippen molar-refractivity contribution < 1.29 is 8.78 Å². The summed E-state index contributed by atoms with van der Waals surface area (Å²) in [5, 5.41) is 0. The van der Waals surface area contributed by atoms with Crippen LogP contribution in [0.15, 0.2) is 23.1 Å². The summed E-state index contributed by atoms with van der Waals surface area (Å²) in [5.41, 5.74) is 4.06. The van der Waals surface area contributed by atoms with Crippen LogP contribution in [0.3, 0.4) is 0 Å². The predicted molar refractivity (Wildman–Crippen MR) is 43.6 cm³/mol. The molecule has 1 aromatic heterocycles. The van der Waals surface area contributed by atoms with Gasteiger partial charge in [0.05, 0.1) is 5.69 Å². The van der Waals surface area contributed by atoms with Gasteiger partial charge in [0.15, 0.2) is 0 Å². The molecule has 0 fully saturated rings. The Labute approximate surface area is 73.2 Å². The van der Waals surface area contributed by atoms with Gasteiger partial charge in [0.1, 0.15) is 0 Å². The van der Waals surface area contributed by atoms with Gasteiger partial charge in [-0.3, -0.25) is 9.36 Å². The molecule has 0 atom stereocenters. The summed E-state index contributed by atoms with van der Waals surface area (Å²) in [5.74, 6) is 0. The van der Waals surface area contributed by atoms with Gasteiger partial charge >= 0.3 is 6.55 Å². The number of alkyl halides is 2. The van der Waals surface area contributed by atoms with Gasteiger partial charge < -0.3 is 5.73 Å². The van der Waals surface area contributed by atoms with Gasteiger partial charge in [-0.05, 0) is 12.1 Å². The standard InChI is InChI=1S/C6H6F2N2O.ClH/c7-6(8)10-3-1-2-4(9)5(10)11;/h1-3,6H,9H2;1H. The van der Waals surface area contributed by atoms with Gasteiger partial charge in [0, 0.05) is 6.20 Å². The number of halogens is 3. The minimum atomic E-state index is -2.83. The number of hydrogen-bond acceptors (Lipinski definition) is 2. The highest BCUT2D eigenvalue weighted by molar-refractivity contribution is 5.85. The van der Waals surface area contributed by atoms with Crippen LogP contribution < -0.4 is 11.3 Å². The lowest BCUT2D eigenvalue weighted by molar-refractivity contribution is 0.0666. The third-order valence-electron chi connectivity index (χ3n) is 1.21. The summed E-state index contributed by atoms with van der Waals surface area (Å²) in [6, 6.07) is 2.57. The summed E-state index contributed by atoms with van der Waals surface area (Å²) in [6.45, 7) is -2.83. The summed E-state index contributed by atoms with van der Waals surface area (Å²) in [6.07, 6.45) is 0.989. The van der Waals surface area contributed by atoms with Gasteiger partial charge in [0.2, 0.25) is 0 Å². The summed E-state index contributed by atoms with van der Waals surface area (Å²) in [7, 11) is 0. The van der Waals surface area contributed by atoms with E-state index in [0.717, 1.165) is 6.20 Å². The van der Waals surface area contributed by atoms with Crippen molar-refractivity contribution in [3.05, 3.63) is 28.7 Å². The van der Waals surface area contributed by atoms with E-state index in [4.69, 9.17) is 5.73 Å². The van der Waals surface area contributed by atoms with E-state index in [1.807, 2.05) is 0 Å². The quantitative estimate of drug-likeness (QED) is 0.735. The highest BCUT2D eigenvalue weighted by Crippen LogP contribution is 2.06. The van der Waals surface area contributed by atoms with Gasteiger partial charge in [-0.2, -0.15) is 8.78 Å². The average Bonchev–Trinajstić information content (AvgIpc) is 1.94. The van der Waals surface area contributed by atoms with E-state index in [2.05, 4.69) is 0 Å². The number of nitrogens with zero attached hydrogens (tertiary/aromatic N) is 1. The Morgan fingerprint density at radius 1 is 1.50 bits per heavy atom. The van der Waals surface area contributed by atoms with Crippen LogP contribution in [0.4, 0.5) is 14.5 Å². The maximum absolute atomic E-state index is 11.9. The summed E-state index contributed by atoms with van der Waals surface area (Å²) < 4.78 is 24.1. The molecule has 68 valence electrons. The van der Waals surface area contributed by atoms with Crippen LogP contribution in [0.2, 0.25) is 0 Å². The lowest BCUT2D eigenvalue weighted by Gasteiger charge is -2.02. The van der Waals surface area contributed by atoms with Crippen molar-refractivity contribution in [1.82, 2.24) is 4.57 Å². The number of aromatic nitrogens is 1. The number of pyridine rings is 1. The molecule has 0 aliphatic carbocycles. The Hall–Kier alpha value is -1.10. The maximum atomic E-state index is 11.9. The predicted octanol–water partition coefficient (Wildman–Crippen LogP) is 1.25. The summed E-state index contributed by atoms with van der Waals surface area (Å²) in [4.78, 5) is 10.8. The monoisotopic (exact) mass is 196 g/mol. The molecule has 6 heteroatoms. The van der Waals surface area contributed by atoms with Crippen molar-refractivity contribution in [3.8, 4) is 0 Å². The molecule has 3 nitrogen and oxygen atoms in total. The van der Waals surface area contributed by atoms with E-state index in [0.29, 0.717) is 0 Å². The molecular formula is C6H7ClF2N2O. The van der Waals surface area contributed by atoms with Crippen molar-refractivity contribution in [3.63, 3.8) is 0 Å². The molecular weight excluding hydrogens is 190 g/mol. The fraction of sp³-hybridized carbons (Fsp3) is 0.167. The van der Waals surface area contributed by atoms with Crippen molar-refractivity contribution in [2.24, 2.45) is 0 Å². The second-order valence-corrected chi connectivity index (χ2v) is 1.95. The molecule has 12 heavy (non-hydrogen) atoms. The van der Waals surface area contributed by atoms with Crippen molar-refractivity contribution >= 4 is 18.1 Å². The van der Waals surface area contributed by atoms with Crippen molar-refractivity contribution in [1.29, 1.82) is 0 Å². The maximum Gasteiger partial charge on any atom is 0.321 e. The lowest BCUT2D eigenvalue weighted by atomic mass is 10.4. The first-order chi connectivity index (χ1) is 5.13. The normalized spacial score (nSPS) is 9.58. The highest BCUT2D eigenvalue weighted by Gasteiger charge is 2.07. The van der Waals surface area contributed by atoms with Gasteiger partial charge in [0.25, 0.3) is 5.56 Å². The average molecular weight is 197 g/mol. The van der Waals surface area contributed by atoms with E-state index in [9.17, 15) is 13.6 Å². The molecule has 0 aliphatic rings. The van der Waals surface area contributed by atoms with Crippen LogP contribution in [0.1, 0.15) is 6.55 Å². The molecule has 1 aromatic rings. The minimum Gasteiger partial charge on any atom is -0.394 e. The topological polar surface area (TPSA) is 48.0 Å². The molecule has 0 saturated carbocycles. The lowest BCUT2D eigenvalue weighted by Crippen LogP contribution is -2.22. The molecule has 0 saturated heterocycles. The second-order valence-electron chi connectivity index (χ2n) is 1.95. The first-order valence-corrected chi connectivity index (χ1v) is 2.87. The number of anilines is 1. The zero-order valence-corrected chi connectivity index (χ0v) is 6.72. The first kappa shape index (κ1) is 10.9. The first-order valence-electron chi connectivity index (χ1n) is 2.87. The third-order valence-corrected chi connectivity index (χ3v) is 1.21. The fourth-order valence-corrected chi connectivity index (χ4v) is 0.681. The molecule has 0 aliphatic heterocycles. The Balaban J connectivity index is 0.00000121. The molecule has 0 unspecified atom stereocenters. The molecule has 1 rings (SSSR count). The van der Waals surface area contributed by atoms with Crippen LogP contribution >= 0.6 is 12.4 Å². The Morgan fingerprint density at radius 2 is 2.08 bits per heavy atom. The Morgan fingerprint density at radius 3 is 2.50 bits per heavy atom. The molecule has 0 radical (unpaired) electrons. The van der Waals surface area contributed by atoms with Crippen LogP contribution in [0.5, 0.6) is 0 Å². The number of nitrogen functional groups attached to an aromatic ring is 1. The van der Waals surface area contributed by atoms with E-state index >= 15 is 0 Å². The zero-order chi connectivity index (χ0) is 8.43. The van der Waals surface area contributed by atoms with Crippen LogP contribution in [0.25, 0.3) is 0 Å². The largest absolute Gasteiger partial charge is 0.394 e. The van der Waals surface area contributed by atoms with E-state index in [1.54, 1.807) is 0 Å². The highest BCUT2D eigenvalue weighted by atomic mass is 35.5. The van der Waals surface area contributed by atoms with Gasteiger partial charge in [-0.1, -0.05) is 0 Å². The number of nitrogens with two attached hydrogens (primary N) is 1. The van der Waals surface area contributed by atoms with Crippen LogP contribution in [-0.2, 0) is 0 Å². The SMILES string of the molecule is Cl.Nc1cccn(C(F)F)c1=O. The Bertz CT molecular complexity index is 313. The van der Waals surface area contributed by atoms with E-state index in [-0.39, 0.29) is 22.7 Å². The molecule has 0 amide bonds. The second kappa shape index (κ2) is 4.06. The van der Waals surface area contributed by atoms with Crippen molar-refractivity contribution in [2.75, 3.05) is 5.73 Å². The minimum absolute atomic E-state index is 0. The van der Waals surface area contributed by atoms with Gasteiger partial charge in [-0.25, -0.2) is 0 Å². The number of rotatable bonds is 1. The number of hydrogen-bond donors (Lipinski definition) is 1. The molecule has 1 heterocycles. The van der Waals surface area contributed by atoms with Crippen LogP contribution in [-0.4, -0.2) is 4.57 Å². The molecule has 2 N–H and O–H groups in total. The summed E-state index contributed by atoms with van der Waals surface area (Å²) >= 11 is 0. The van der Waals surface area contributed by atoms with Crippen LogP contribution in [0, 0.1) is 0 Å². The fourth-order valence-electron chi connectivity index (χ4n) is 0.681. The Kier molecular flexibility index (Phi) is 3.69.